The number of amides is 2. The first-order valence-electron chi connectivity index (χ1n) is 7.75. The van der Waals surface area contributed by atoms with E-state index in [2.05, 4.69) is 17.2 Å². The van der Waals surface area contributed by atoms with Crippen LogP contribution in [0.3, 0.4) is 0 Å². The highest BCUT2D eigenvalue weighted by Gasteiger charge is 2.21. The zero-order chi connectivity index (χ0) is 18.1. The SMILES string of the molecule is C=CCOc1ccccc1CNC(=O)N[C@@H](C(=O)O)c1ccccc1. The maximum absolute atomic E-state index is 12.1. The van der Waals surface area contributed by atoms with Gasteiger partial charge in [0.15, 0.2) is 6.04 Å². The zero-order valence-electron chi connectivity index (χ0n) is 13.6. The molecule has 25 heavy (non-hydrogen) atoms. The lowest BCUT2D eigenvalue weighted by Crippen LogP contribution is -2.40. The third-order valence-electron chi connectivity index (χ3n) is 3.42. The average molecular weight is 340 g/mol. The molecule has 2 rings (SSSR count). The molecular formula is C19H20N2O4. The van der Waals surface area contributed by atoms with E-state index in [0.717, 1.165) is 5.56 Å². The first-order chi connectivity index (χ1) is 12.1. The number of rotatable bonds is 8. The van der Waals surface area contributed by atoms with Gasteiger partial charge in [-0.05, 0) is 11.6 Å². The van der Waals surface area contributed by atoms with Crippen LogP contribution in [0, 0.1) is 0 Å². The van der Waals surface area contributed by atoms with Crippen LogP contribution < -0.4 is 15.4 Å². The normalized spacial score (nSPS) is 11.2. The number of carboxylic acids is 1. The Kier molecular flexibility index (Phi) is 6.59. The number of aliphatic carboxylic acids is 1. The summed E-state index contributed by atoms with van der Waals surface area (Å²) in [5.74, 6) is -0.489. The molecule has 0 saturated heterocycles. The zero-order valence-corrected chi connectivity index (χ0v) is 13.6. The van der Waals surface area contributed by atoms with Crippen molar-refractivity contribution in [3.05, 3.63) is 78.4 Å². The van der Waals surface area contributed by atoms with Crippen LogP contribution in [0.5, 0.6) is 5.75 Å². The summed E-state index contributed by atoms with van der Waals surface area (Å²) in [6.07, 6.45) is 1.63. The Hall–Kier alpha value is -3.28. The molecule has 0 saturated carbocycles. The quantitative estimate of drug-likeness (QED) is 0.645. The fourth-order valence-corrected chi connectivity index (χ4v) is 2.23. The number of hydrogen-bond acceptors (Lipinski definition) is 3. The van der Waals surface area contributed by atoms with Crippen LogP contribution in [-0.2, 0) is 11.3 Å². The fourth-order valence-electron chi connectivity index (χ4n) is 2.23. The van der Waals surface area contributed by atoms with Gasteiger partial charge in [0.05, 0.1) is 0 Å². The van der Waals surface area contributed by atoms with Crippen molar-refractivity contribution < 1.29 is 19.4 Å². The van der Waals surface area contributed by atoms with Crippen molar-refractivity contribution in [2.75, 3.05) is 6.61 Å². The maximum atomic E-state index is 12.1. The second kappa shape index (κ2) is 9.12. The highest BCUT2D eigenvalue weighted by molar-refractivity contribution is 5.83. The third kappa shape index (κ3) is 5.39. The van der Waals surface area contributed by atoms with E-state index in [1.165, 1.54) is 0 Å². The summed E-state index contributed by atoms with van der Waals surface area (Å²) in [5, 5.41) is 14.4. The molecule has 1 atom stereocenters. The maximum Gasteiger partial charge on any atom is 0.330 e. The van der Waals surface area contributed by atoms with E-state index in [0.29, 0.717) is 17.9 Å². The second-order valence-electron chi connectivity index (χ2n) is 5.22. The molecule has 0 bridgehead atoms. The van der Waals surface area contributed by atoms with Crippen molar-refractivity contribution in [2.24, 2.45) is 0 Å². The van der Waals surface area contributed by atoms with Gasteiger partial charge >= 0.3 is 12.0 Å². The van der Waals surface area contributed by atoms with Crippen molar-refractivity contribution in [3.8, 4) is 5.75 Å². The largest absolute Gasteiger partial charge is 0.489 e. The Morgan fingerprint density at radius 2 is 1.80 bits per heavy atom. The lowest BCUT2D eigenvalue weighted by Gasteiger charge is -2.16. The lowest BCUT2D eigenvalue weighted by atomic mass is 10.1. The molecule has 0 spiro atoms. The van der Waals surface area contributed by atoms with Crippen molar-refractivity contribution in [1.29, 1.82) is 0 Å². The van der Waals surface area contributed by atoms with E-state index < -0.39 is 18.0 Å². The molecule has 0 radical (unpaired) electrons. The van der Waals surface area contributed by atoms with E-state index in [4.69, 9.17) is 4.74 Å². The molecule has 2 aromatic carbocycles. The van der Waals surface area contributed by atoms with Gasteiger partial charge in [0.25, 0.3) is 0 Å². The predicted molar refractivity (Wildman–Crippen MR) is 94.3 cm³/mol. The van der Waals surface area contributed by atoms with Crippen LogP contribution in [0.1, 0.15) is 17.2 Å². The Bertz CT molecular complexity index is 731. The van der Waals surface area contributed by atoms with Crippen molar-refractivity contribution in [3.63, 3.8) is 0 Å². The number of carbonyl (C=O) groups excluding carboxylic acids is 1. The number of nitrogens with one attached hydrogen (secondary N) is 2. The average Bonchev–Trinajstić information content (AvgIpc) is 2.63. The molecule has 0 unspecified atom stereocenters. The Balaban J connectivity index is 1.98. The Morgan fingerprint density at radius 3 is 2.48 bits per heavy atom. The number of carboxylic acid groups (broad SMARTS) is 1. The summed E-state index contributed by atoms with van der Waals surface area (Å²) >= 11 is 0. The molecule has 0 fully saturated rings. The minimum atomic E-state index is -1.13. The molecule has 0 heterocycles. The number of hydrogen-bond donors (Lipinski definition) is 3. The molecule has 6 heteroatoms. The van der Waals surface area contributed by atoms with E-state index in [9.17, 15) is 14.7 Å². The number of ether oxygens (including phenoxy) is 1. The van der Waals surface area contributed by atoms with E-state index in [1.807, 2.05) is 18.2 Å². The number of carbonyl (C=O) groups is 2. The van der Waals surface area contributed by atoms with Crippen LogP contribution in [-0.4, -0.2) is 23.7 Å². The van der Waals surface area contributed by atoms with Crippen LogP contribution >= 0.6 is 0 Å². The highest BCUT2D eigenvalue weighted by atomic mass is 16.5. The third-order valence-corrected chi connectivity index (χ3v) is 3.42. The molecule has 6 nitrogen and oxygen atoms in total. The summed E-state index contributed by atoms with van der Waals surface area (Å²) in [7, 11) is 0. The van der Waals surface area contributed by atoms with Gasteiger partial charge in [-0.25, -0.2) is 9.59 Å². The molecule has 0 aliphatic heterocycles. The fraction of sp³-hybridized carbons (Fsp3) is 0.158. The second-order valence-corrected chi connectivity index (χ2v) is 5.22. The van der Waals surface area contributed by atoms with E-state index in [-0.39, 0.29) is 6.54 Å². The Labute approximate surface area is 146 Å². The molecule has 0 aliphatic carbocycles. The van der Waals surface area contributed by atoms with Crippen LogP contribution in [0.25, 0.3) is 0 Å². The summed E-state index contributed by atoms with van der Waals surface area (Å²) in [4.78, 5) is 23.5. The lowest BCUT2D eigenvalue weighted by molar-refractivity contribution is -0.139. The molecule has 130 valence electrons. The van der Waals surface area contributed by atoms with Gasteiger partial charge in [0.2, 0.25) is 0 Å². The van der Waals surface area contributed by atoms with Crippen molar-refractivity contribution in [2.45, 2.75) is 12.6 Å². The van der Waals surface area contributed by atoms with E-state index >= 15 is 0 Å². The smallest absolute Gasteiger partial charge is 0.330 e. The standard InChI is InChI=1S/C19H20N2O4/c1-2-12-25-16-11-7-6-10-15(16)13-20-19(24)21-17(18(22)23)14-8-4-3-5-9-14/h2-11,17H,1,12-13H2,(H,22,23)(H2,20,21,24)/t17-/m1/s1. The summed E-state index contributed by atoms with van der Waals surface area (Å²) < 4.78 is 5.52. The van der Waals surface area contributed by atoms with Gasteiger partial charge in [-0.1, -0.05) is 61.2 Å². The molecule has 0 aliphatic rings. The number of benzene rings is 2. The van der Waals surface area contributed by atoms with Crippen LogP contribution in [0.4, 0.5) is 4.79 Å². The topological polar surface area (TPSA) is 87.7 Å². The molecule has 3 N–H and O–H groups in total. The molecule has 2 aromatic rings. The summed E-state index contributed by atoms with van der Waals surface area (Å²) in [5.41, 5.74) is 1.28. The van der Waals surface area contributed by atoms with Gasteiger partial charge in [-0.3, -0.25) is 0 Å². The molecule has 2 amide bonds. The molecule has 0 aromatic heterocycles. The van der Waals surface area contributed by atoms with Crippen LogP contribution in [0.2, 0.25) is 0 Å². The minimum Gasteiger partial charge on any atom is -0.489 e. The minimum absolute atomic E-state index is 0.209. The monoisotopic (exact) mass is 340 g/mol. The van der Waals surface area contributed by atoms with Gasteiger partial charge in [0.1, 0.15) is 12.4 Å². The first kappa shape index (κ1) is 18.1. The predicted octanol–water partition coefficient (Wildman–Crippen LogP) is 2.88. The first-order valence-corrected chi connectivity index (χ1v) is 7.75. The van der Waals surface area contributed by atoms with Crippen molar-refractivity contribution in [1.82, 2.24) is 10.6 Å². The Morgan fingerprint density at radius 1 is 1.12 bits per heavy atom. The number of urea groups is 1. The van der Waals surface area contributed by atoms with Crippen molar-refractivity contribution >= 4 is 12.0 Å². The van der Waals surface area contributed by atoms with E-state index in [1.54, 1.807) is 42.5 Å². The van der Waals surface area contributed by atoms with Gasteiger partial charge in [-0.15, -0.1) is 0 Å². The van der Waals surface area contributed by atoms with Gasteiger partial charge in [0, 0.05) is 12.1 Å². The van der Waals surface area contributed by atoms with Gasteiger partial charge < -0.3 is 20.5 Å². The van der Waals surface area contributed by atoms with Crippen LogP contribution in [0.15, 0.2) is 67.3 Å². The molecular weight excluding hydrogens is 320 g/mol. The number of para-hydroxylation sites is 1. The summed E-state index contributed by atoms with van der Waals surface area (Å²) in [6.45, 7) is 4.17. The highest BCUT2D eigenvalue weighted by Crippen LogP contribution is 2.18. The summed E-state index contributed by atoms with van der Waals surface area (Å²) in [6, 6.07) is 14.1. The van der Waals surface area contributed by atoms with Gasteiger partial charge in [-0.2, -0.15) is 0 Å².